The summed E-state index contributed by atoms with van der Waals surface area (Å²) in [6.45, 7) is 1.35. The number of aliphatic carboxylic acids is 1. The van der Waals surface area contributed by atoms with Gasteiger partial charge in [0.1, 0.15) is 0 Å². The summed E-state index contributed by atoms with van der Waals surface area (Å²) in [5, 5.41) is 8.56. The summed E-state index contributed by atoms with van der Waals surface area (Å²) in [5.41, 5.74) is 0. The first-order valence-electron chi connectivity index (χ1n) is 6.01. The summed E-state index contributed by atoms with van der Waals surface area (Å²) in [4.78, 5) is 12.3. The van der Waals surface area contributed by atoms with Gasteiger partial charge in [0, 0.05) is 13.0 Å². The van der Waals surface area contributed by atoms with E-state index in [1.807, 2.05) is 4.90 Å². The number of carboxylic acids is 1. The average Bonchev–Trinajstić information content (AvgIpc) is 2.26. The summed E-state index contributed by atoms with van der Waals surface area (Å²) in [5.74, 6) is -0.420. The van der Waals surface area contributed by atoms with Crippen molar-refractivity contribution in [2.75, 3.05) is 26.2 Å². The summed E-state index contributed by atoms with van der Waals surface area (Å²) in [7, 11) is 0. The molecule has 0 atom stereocenters. The summed E-state index contributed by atoms with van der Waals surface area (Å²) in [6, 6.07) is 0. The van der Waals surface area contributed by atoms with Crippen LogP contribution in [0.1, 0.15) is 25.7 Å². The minimum absolute atomic E-state index is 0.169. The highest BCUT2D eigenvalue weighted by atomic mass is 19.4. The van der Waals surface area contributed by atoms with Crippen LogP contribution in [-0.4, -0.2) is 48.6 Å². The third kappa shape index (κ3) is 6.80. The molecule has 0 spiro atoms. The third-order valence-corrected chi connectivity index (χ3v) is 3.15. The zero-order valence-electron chi connectivity index (χ0n) is 10.1. The monoisotopic (exact) mass is 269 g/mol. The first-order valence-corrected chi connectivity index (χ1v) is 6.01. The Bertz CT molecular complexity index is 263. The van der Waals surface area contributed by atoms with Gasteiger partial charge in [-0.15, -0.1) is 13.2 Å². The highest BCUT2D eigenvalue weighted by molar-refractivity contribution is 5.66. The smallest absolute Gasteiger partial charge is 0.481 e. The van der Waals surface area contributed by atoms with Crippen molar-refractivity contribution in [1.82, 2.24) is 4.90 Å². The lowest BCUT2D eigenvalue weighted by molar-refractivity contribution is -0.325. The minimum Gasteiger partial charge on any atom is -0.481 e. The standard InChI is InChI=1S/C11H18F3NO3/c12-11(13,14)18-8-7-15-5-3-9(4-6-15)1-2-10(16)17/h9H,1-8H2,(H,16,17). The molecule has 1 rings (SSSR count). The van der Waals surface area contributed by atoms with E-state index in [9.17, 15) is 18.0 Å². The van der Waals surface area contributed by atoms with Crippen molar-refractivity contribution in [3.8, 4) is 0 Å². The molecular formula is C11H18F3NO3. The maximum absolute atomic E-state index is 11.8. The van der Waals surface area contributed by atoms with Gasteiger partial charge in [0.05, 0.1) is 6.61 Å². The highest BCUT2D eigenvalue weighted by Crippen LogP contribution is 2.22. The molecule has 1 heterocycles. The van der Waals surface area contributed by atoms with Gasteiger partial charge in [-0.1, -0.05) is 0 Å². The Labute approximate surface area is 104 Å². The van der Waals surface area contributed by atoms with Crippen molar-refractivity contribution >= 4 is 5.97 Å². The van der Waals surface area contributed by atoms with Gasteiger partial charge in [-0.3, -0.25) is 9.53 Å². The third-order valence-electron chi connectivity index (χ3n) is 3.15. The number of likely N-dealkylation sites (tertiary alicyclic amines) is 1. The maximum Gasteiger partial charge on any atom is 0.522 e. The minimum atomic E-state index is -4.56. The van der Waals surface area contributed by atoms with Crippen LogP contribution in [0.15, 0.2) is 0 Å². The Morgan fingerprint density at radius 1 is 1.33 bits per heavy atom. The molecule has 0 saturated carbocycles. The molecule has 0 bridgehead atoms. The van der Waals surface area contributed by atoms with E-state index in [4.69, 9.17) is 5.11 Å². The average molecular weight is 269 g/mol. The highest BCUT2D eigenvalue weighted by Gasteiger charge is 2.29. The van der Waals surface area contributed by atoms with Gasteiger partial charge in [0.25, 0.3) is 0 Å². The maximum atomic E-state index is 11.8. The van der Waals surface area contributed by atoms with Gasteiger partial charge in [-0.05, 0) is 38.3 Å². The zero-order valence-corrected chi connectivity index (χ0v) is 10.1. The molecule has 1 N–H and O–H groups in total. The Morgan fingerprint density at radius 2 is 1.94 bits per heavy atom. The molecule has 0 radical (unpaired) electrons. The first kappa shape index (κ1) is 15.2. The number of alkyl halides is 3. The molecule has 0 aromatic heterocycles. The van der Waals surface area contributed by atoms with Gasteiger partial charge in [-0.2, -0.15) is 0 Å². The van der Waals surface area contributed by atoms with Crippen LogP contribution in [0.3, 0.4) is 0 Å². The van der Waals surface area contributed by atoms with Crippen LogP contribution in [-0.2, 0) is 9.53 Å². The van der Waals surface area contributed by atoms with Gasteiger partial charge in [0.2, 0.25) is 0 Å². The fraction of sp³-hybridized carbons (Fsp3) is 0.909. The Kier molecular flexibility index (Phi) is 5.87. The van der Waals surface area contributed by atoms with Crippen LogP contribution in [0.5, 0.6) is 0 Å². The SMILES string of the molecule is O=C(O)CCC1CCN(CCOC(F)(F)F)CC1. The molecular weight excluding hydrogens is 251 g/mol. The van der Waals surface area contributed by atoms with E-state index in [-0.39, 0.29) is 19.6 Å². The first-order chi connectivity index (χ1) is 8.37. The lowest BCUT2D eigenvalue weighted by Gasteiger charge is -2.31. The largest absolute Gasteiger partial charge is 0.522 e. The number of hydrogen-bond donors (Lipinski definition) is 1. The van der Waals surface area contributed by atoms with Gasteiger partial charge >= 0.3 is 12.3 Å². The van der Waals surface area contributed by atoms with E-state index in [2.05, 4.69) is 4.74 Å². The molecule has 0 aromatic rings. The Balaban J connectivity index is 2.10. The molecule has 106 valence electrons. The Morgan fingerprint density at radius 3 is 2.44 bits per heavy atom. The van der Waals surface area contributed by atoms with Crippen molar-refractivity contribution in [3.05, 3.63) is 0 Å². The number of piperidine rings is 1. The van der Waals surface area contributed by atoms with Gasteiger partial charge in [0.15, 0.2) is 0 Å². The van der Waals surface area contributed by atoms with Crippen molar-refractivity contribution in [1.29, 1.82) is 0 Å². The second kappa shape index (κ2) is 6.94. The molecule has 4 nitrogen and oxygen atoms in total. The number of ether oxygens (including phenoxy) is 1. The van der Waals surface area contributed by atoms with E-state index in [0.717, 1.165) is 12.8 Å². The van der Waals surface area contributed by atoms with Crippen molar-refractivity contribution in [2.45, 2.75) is 32.0 Å². The number of halogens is 3. The molecule has 7 heteroatoms. The van der Waals surface area contributed by atoms with E-state index < -0.39 is 12.3 Å². The lowest BCUT2D eigenvalue weighted by atomic mass is 9.92. The number of hydrogen-bond acceptors (Lipinski definition) is 3. The van der Waals surface area contributed by atoms with E-state index >= 15 is 0 Å². The molecule has 1 aliphatic rings. The van der Waals surface area contributed by atoms with Crippen LogP contribution >= 0.6 is 0 Å². The molecule has 18 heavy (non-hydrogen) atoms. The molecule has 1 aliphatic heterocycles. The molecule has 0 amide bonds. The topological polar surface area (TPSA) is 49.8 Å². The zero-order chi connectivity index (χ0) is 13.6. The number of carbonyl (C=O) groups is 1. The van der Waals surface area contributed by atoms with E-state index in [0.29, 0.717) is 25.4 Å². The number of carboxylic acid groups (broad SMARTS) is 1. The van der Waals surface area contributed by atoms with Crippen molar-refractivity contribution < 1.29 is 27.8 Å². The second-order valence-electron chi connectivity index (χ2n) is 4.51. The molecule has 1 saturated heterocycles. The van der Waals surface area contributed by atoms with E-state index in [1.54, 1.807) is 0 Å². The molecule has 0 aromatic carbocycles. The van der Waals surface area contributed by atoms with Crippen molar-refractivity contribution in [3.63, 3.8) is 0 Å². The summed E-state index contributed by atoms with van der Waals surface area (Å²) < 4.78 is 39.0. The molecule has 0 unspecified atom stereocenters. The second-order valence-corrected chi connectivity index (χ2v) is 4.51. The Hall–Kier alpha value is -0.820. The summed E-state index contributed by atoms with van der Waals surface area (Å²) in [6.07, 6.45) is -2.04. The van der Waals surface area contributed by atoms with Crippen LogP contribution < -0.4 is 0 Å². The fourth-order valence-electron chi connectivity index (χ4n) is 2.12. The van der Waals surface area contributed by atoms with Crippen LogP contribution in [0.4, 0.5) is 13.2 Å². The molecule has 0 aliphatic carbocycles. The predicted octanol–water partition coefficient (Wildman–Crippen LogP) is 2.10. The number of rotatable bonds is 6. The summed E-state index contributed by atoms with van der Waals surface area (Å²) >= 11 is 0. The van der Waals surface area contributed by atoms with Gasteiger partial charge < -0.3 is 10.0 Å². The number of nitrogens with zero attached hydrogens (tertiary/aromatic N) is 1. The van der Waals surface area contributed by atoms with E-state index in [1.165, 1.54) is 0 Å². The lowest BCUT2D eigenvalue weighted by Crippen LogP contribution is -2.37. The van der Waals surface area contributed by atoms with Crippen LogP contribution in [0.2, 0.25) is 0 Å². The fourth-order valence-corrected chi connectivity index (χ4v) is 2.12. The predicted molar refractivity (Wildman–Crippen MR) is 58.0 cm³/mol. The van der Waals surface area contributed by atoms with Crippen LogP contribution in [0.25, 0.3) is 0 Å². The van der Waals surface area contributed by atoms with Crippen molar-refractivity contribution in [2.24, 2.45) is 5.92 Å². The normalized spacial score (nSPS) is 19.1. The quantitative estimate of drug-likeness (QED) is 0.802. The van der Waals surface area contributed by atoms with Gasteiger partial charge in [-0.25, -0.2) is 0 Å². The van der Waals surface area contributed by atoms with Crippen LogP contribution in [0, 0.1) is 5.92 Å². The molecule has 1 fully saturated rings.